The number of ether oxygens (including phenoxy) is 1. The number of aromatic nitrogens is 1. The molecule has 0 fully saturated rings. The predicted molar refractivity (Wildman–Crippen MR) is 87.4 cm³/mol. The summed E-state index contributed by atoms with van der Waals surface area (Å²) in [5.74, 6) is -0.387. The van der Waals surface area contributed by atoms with Gasteiger partial charge in [-0.3, -0.25) is 9.78 Å². The lowest BCUT2D eigenvalue weighted by atomic mass is 10.0. The van der Waals surface area contributed by atoms with Gasteiger partial charge in [-0.15, -0.1) is 0 Å². The molecule has 0 aliphatic rings. The van der Waals surface area contributed by atoms with Crippen LogP contribution < -0.4 is 5.73 Å². The summed E-state index contributed by atoms with van der Waals surface area (Å²) >= 11 is 0. The molecule has 1 unspecified atom stereocenters. The molecule has 0 aliphatic heterocycles. The summed E-state index contributed by atoms with van der Waals surface area (Å²) in [5.41, 5.74) is 10.2. The van der Waals surface area contributed by atoms with Crippen molar-refractivity contribution in [3.05, 3.63) is 53.9 Å². The molecule has 0 aliphatic carbocycles. The third-order valence-corrected chi connectivity index (χ3v) is 3.57. The lowest BCUT2D eigenvalue weighted by Gasteiger charge is -2.10. The molecule has 22 heavy (non-hydrogen) atoms. The first-order valence-electron chi connectivity index (χ1n) is 7.51. The molecule has 1 heterocycles. The second kappa shape index (κ2) is 7.71. The number of benzene rings is 1. The van der Waals surface area contributed by atoms with Crippen molar-refractivity contribution in [3.8, 4) is 11.1 Å². The summed E-state index contributed by atoms with van der Waals surface area (Å²) in [6.45, 7) is 2.15. The number of aryl methyl sites for hydroxylation is 1. The van der Waals surface area contributed by atoms with Gasteiger partial charge in [-0.2, -0.15) is 0 Å². The molecule has 4 heteroatoms. The maximum Gasteiger partial charge on any atom is 0.322 e. The molecule has 2 rings (SSSR count). The second-order valence-corrected chi connectivity index (χ2v) is 5.32. The Morgan fingerprint density at radius 2 is 1.95 bits per heavy atom. The van der Waals surface area contributed by atoms with Gasteiger partial charge in [0, 0.05) is 11.9 Å². The highest BCUT2D eigenvalue weighted by atomic mass is 16.5. The van der Waals surface area contributed by atoms with Crippen LogP contribution in [0.2, 0.25) is 0 Å². The number of nitrogens with zero attached hydrogens (tertiary/aromatic N) is 1. The van der Waals surface area contributed by atoms with Crippen LogP contribution >= 0.6 is 0 Å². The van der Waals surface area contributed by atoms with E-state index < -0.39 is 6.04 Å². The average molecular weight is 298 g/mol. The van der Waals surface area contributed by atoms with E-state index in [1.807, 2.05) is 36.5 Å². The number of hydrogen-bond acceptors (Lipinski definition) is 4. The molecule has 1 aromatic heterocycles. The zero-order valence-electron chi connectivity index (χ0n) is 13.1. The molecule has 1 aromatic carbocycles. The number of hydrogen-bond donors (Lipinski definition) is 1. The summed E-state index contributed by atoms with van der Waals surface area (Å²) in [6.07, 6.45) is 4.40. The van der Waals surface area contributed by atoms with Gasteiger partial charge in [-0.25, -0.2) is 0 Å². The zero-order valence-corrected chi connectivity index (χ0v) is 13.1. The van der Waals surface area contributed by atoms with Gasteiger partial charge in [-0.05, 0) is 41.7 Å². The lowest BCUT2D eigenvalue weighted by Crippen LogP contribution is -2.33. The smallest absolute Gasteiger partial charge is 0.322 e. The summed E-state index contributed by atoms with van der Waals surface area (Å²) in [6, 6.07) is 11.6. The predicted octanol–water partition coefficient (Wildman–Crippen LogP) is 2.74. The first kappa shape index (κ1) is 16.2. The molecule has 4 nitrogen and oxygen atoms in total. The van der Waals surface area contributed by atoms with E-state index in [2.05, 4.69) is 22.7 Å². The van der Waals surface area contributed by atoms with Crippen LogP contribution in [0.5, 0.6) is 0 Å². The Balaban J connectivity index is 2.11. The maximum absolute atomic E-state index is 11.3. The molecule has 0 saturated carbocycles. The van der Waals surface area contributed by atoms with Crippen LogP contribution in [-0.2, 0) is 22.4 Å². The molecule has 0 saturated heterocycles. The average Bonchev–Trinajstić information content (AvgIpc) is 2.55. The quantitative estimate of drug-likeness (QED) is 0.833. The highest BCUT2D eigenvalue weighted by molar-refractivity contribution is 5.75. The third-order valence-electron chi connectivity index (χ3n) is 3.57. The highest BCUT2D eigenvalue weighted by Crippen LogP contribution is 2.21. The summed E-state index contributed by atoms with van der Waals surface area (Å²) in [7, 11) is 1.35. The van der Waals surface area contributed by atoms with Gasteiger partial charge in [0.1, 0.15) is 6.04 Å². The second-order valence-electron chi connectivity index (χ2n) is 5.32. The minimum absolute atomic E-state index is 0.387. The SMILES string of the molecule is CCCc1cc(-c2ccc(CC(N)C(=O)OC)cc2)ccn1. The van der Waals surface area contributed by atoms with Gasteiger partial charge in [-0.1, -0.05) is 37.6 Å². The van der Waals surface area contributed by atoms with Gasteiger partial charge < -0.3 is 10.5 Å². The van der Waals surface area contributed by atoms with Crippen molar-refractivity contribution >= 4 is 5.97 Å². The van der Waals surface area contributed by atoms with Crippen LogP contribution in [0.4, 0.5) is 0 Å². The number of methoxy groups -OCH3 is 1. The number of pyridine rings is 1. The molecule has 2 N–H and O–H groups in total. The zero-order chi connectivity index (χ0) is 15.9. The van der Waals surface area contributed by atoms with E-state index in [9.17, 15) is 4.79 Å². The van der Waals surface area contributed by atoms with E-state index in [-0.39, 0.29) is 5.97 Å². The first-order chi connectivity index (χ1) is 10.6. The Hall–Kier alpha value is -2.20. The summed E-state index contributed by atoms with van der Waals surface area (Å²) < 4.78 is 4.64. The molecule has 0 radical (unpaired) electrons. The van der Waals surface area contributed by atoms with Gasteiger partial charge in [0.25, 0.3) is 0 Å². The van der Waals surface area contributed by atoms with Crippen LogP contribution in [0.25, 0.3) is 11.1 Å². The fourth-order valence-corrected chi connectivity index (χ4v) is 2.37. The minimum Gasteiger partial charge on any atom is -0.468 e. The number of nitrogens with two attached hydrogens (primary N) is 1. The summed E-state index contributed by atoms with van der Waals surface area (Å²) in [5, 5.41) is 0. The lowest BCUT2D eigenvalue weighted by molar-refractivity contribution is -0.142. The van der Waals surface area contributed by atoms with E-state index in [1.165, 1.54) is 7.11 Å². The molecule has 116 valence electrons. The van der Waals surface area contributed by atoms with E-state index in [0.29, 0.717) is 6.42 Å². The fourth-order valence-electron chi connectivity index (χ4n) is 2.37. The minimum atomic E-state index is -0.618. The van der Waals surface area contributed by atoms with E-state index in [0.717, 1.165) is 35.2 Å². The van der Waals surface area contributed by atoms with Crippen LogP contribution in [0.3, 0.4) is 0 Å². The van der Waals surface area contributed by atoms with E-state index >= 15 is 0 Å². The number of esters is 1. The van der Waals surface area contributed by atoms with Crippen molar-refractivity contribution in [3.63, 3.8) is 0 Å². The Morgan fingerprint density at radius 3 is 2.59 bits per heavy atom. The van der Waals surface area contributed by atoms with Crippen LogP contribution in [-0.4, -0.2) is 24.1 Å². The van der Waals surface area contributed by atoms with E-state index in [4.69, 9.17) is 5.73 Å². The monoisotopic (exact) mass is 298 g/mol. The van der Waals surface area contributed by atoms with E-state index in [1.54, 1.807) is 0 Å². The van der Waals surface area contributed by atoms with Crippen LogP contribution in [0.1, 0.15) is 24.6 Å². The Kier molecular flexibility index (Phi) is 5.67. The molecule has 2 aromatic rings. The molecule has 0 spiro atoms. The van der Waals surface area contributed by atoms with Crippen molar-refractivity contribution in [1.29, 1.82) is 0 Å². The Bertz CT molecular complexity index is 623. The van der Waals surface area contributed by atoms with Gasteiger partial charge in [0.2, 0.25) is 0 Å². The first-order valence-corrected chi connectivity index (χ1v) is 7.51. The Morgan fingerprint density at radius 1 is 1.23 bits per heavy atom. The normalized spacial score (nSPS) is 12.0. The van der Waals surface area contributed by atoms with Crippen LogP contribution in [0, 0.1) is 0 Å². The summed E-state index contributed by atoms with van der Waals surface area (Å²) in [4.78, 5) is 15.7. The van der Waals surface area contributed by atoms with Gasteiger partial charge in [0.15, 0.2) is 0 Å². The third kappa shape index (κ3) is 4.15. The fraction of sp³-hybridized carbons (Fsp3) is 0.333. The van der Waals surface area contributed by atoms with Crippen molar-refractivity contribution in [2.75, 3.05) is 7.11 Å². The largest absolute Gasteiger partial charge is 0.468 e. The number of carbonyl (C=O) groups excluding carboxylic acids is 1. The van der Waals surface area contributed by atoms with Crippen molar-refractivity contribution in [2.45, 2.75) is 32.2 Å². The maximum atomic E-state index is 11.3. The topological polar surface area (TPSA) is 65.2 Å². The number of carbonyl (C=O) groups is 1. The molecule has 1 atom stereocenters. The highest BCUT2D eigenvalue weighted by Gasteiger charge is 2.14. The van der Waals surface area contributed by atoms with Crippen molar-refractivity contribution in [1.82, 2.24) is 4.98 Å². The standard InChI is InChI=1S/C18H22N2O2/c1-3-4-16-12-15(9-10-20-16)14-7-5-13(6-8-14)11-17(19)18(21)22-2/h5-10,12,17H,3-4,11,19H2,1-2H3. The number of rotatable bonds is 6. The van der Waals surface area contributed by atoms with Crippen LogP contribution in [0.15, 0.2) is 42.6 Å². The molecular formula is C18H22N2O2. The molecule has 0 amide bonds. The Labute approximate surface area is 131 Å². The van der Waals surface area contributed by atoms with Crippen molar-refractivity contribution in [2.24, 2.45) is 5.73 Å². The van der Waals surface area contributed by atoms with Gasteiger partial charge >= 0.3 is 5.97 Å². The molecule has 0 bridgehead atoms. The van der Waals surface area contributed by atoms with Crippen molar-refractivity contribution < 1.29 is 9.53 Å². The van der Waals surface area contributed by atoms with Gasteiger partial charge in [0.05, 0.1) is 7.11 Å². The molecular weight excluding hydrogens is 276 g/mol.